The van der Waals surface area contributed by atoms with Crippen LogP contribution in [0.15, 0.2) is 65.0 Å². The van der Waals surface area contributed by atoms with Gasteiger partial charge in [0.25, 0.3) is 0 Å². The van der Waals surface area contributed by atoms with Crippen LogP contribution >= 0.6 is 11.8 Å². The summed E-state index contributed by atoms with van der Waals surface area (Å²) in [6.07, 6.45) is 0. The quantitative estimate of drug-likeness (QED) is 0.770. The number of fused-ring (bicyclic) bond motifs is 1. The molecule has 0 spiro atoms. The summed E-state index contributed by atoms with van der Waals surface area (Å²) >= 11 is 1.76. The molecule has 0 amide bonds. The van der Waals surface area contributed by atoms with Crippen molar-refractivity contribution in [3.05, 3.63) is 71.3 Å². The van der Waals surface area contributed by atoms with Crippen molar-refractivity contribution in [3.8, 4) is 0 Å². The predicted molar refractivity (Wildman–Crippen MR) is 78.8 cm³/mol. The zero-order valence-electron chi connectivity index (χ0n) is 10.4. The zero-order chi connectivity index (χ0) is 12.5. The molecule has 90 valence electrons. The SMILES string of the molecule is C=C1Sc2ccccc2N1Cc1ccccc1C. The van der Waals surface area contributed by atoms with Crippen LogP contribution in [0.1, 0.15) is 11.1 Å². The second-order valence-corrected chi connectivity index (χ2v) is 5.59. The van der Waals surface area contributed by atoms with E-state index >= 15 is 0 Å². The smallest absolute Gasteiger partial charge is 0.0731 e. The van der Waals surface area contributed by atoms with Gasteiger partial charge in [-0.3, -0.25) is 0 Å². The Hall–Kier alpha value is -1.67. The fraction of sp³-hybridized carbons (Fsp3) is 0.125. The van der Waals surface area contributed by atoms with Crippen molar-refractivity contribution < 1.29 is 0 Å². The summed E-state index contributed by atoms with van der Waals surface area (Å²) in [5.74, 6) is 0. The van der Waals surface area contributed by atoms with Gasteiger partial charge >= 0.3 is 0 Å². The van der Waals surface area contributed by atoms with E-state index in [2.05, 4.69) is 66.9 Å². The molecule has 0 saturated carbocycles. The Bertz CT molecular complexity index is 604. The lowest BCUT2D eigenvalue weighted by Gasteiger charge is -2.20. The Morgan fingerprint density at radius 2 is 1.78 bits per heavy atom. The zero-order valence-corrected chi connectivity index (χ0v) is 11.2. The summed E-state index contributed by atoms with van der Waals surface area (Å²) in [6, 6.07) is 17.0. The third-order valence-electron chi connectivity index (χ3n) is 3.27. The van der Waals surface area contributed by atoms with Gasteiger partial charge in [0, 0.05) is 11.4 Å². The number of hydrogen-bond acceptors (Lipinski definition) is 2. The van der Waals surface area contributed by atoms with Gasteiger partial charge in [-0.05, 0) is 30.2 Å². The number of para-hydroxylation sites is 1. The first-order chi connectivity index (χ1) is 8.75. The van der Waals surface area contributed by atoms with Gasteiger partial charge < -0.3 is 4.90 Å². The summed E-state index contributed by atoms with van der Waals surface area (Å²) in [4.78, 5) is 3.60. The van der Waals surface area contributed by atoms with Gasteiger partial charge in [-0.25, -0.2) is 0 Å². The van der Waals surface area contributed by atoms with E-state index in [-0.39, 0.29) is 0 Å². The maximum absolute atomic E-state index is 4.17. The number of rotatable bonds is 2. The van der Waals surface area contributed by atoms with Crippen LogP contribution in [0.4, 0.5) is 5.69 Å². The molecule has 0 saturated heterocycles. The lowest BCUT2D eigenvalue weighted by molar-refractivity contribution is 0.947. The highest BCUT2D eigenvalue weighted by atomic mass is 32.2. The second-order valence-electron chi connectivity index (χ2n) is 4.48. The molecule has 1 aliphatic rings. The first-order valence-corrected chi connectivity index (χ1v) is 6.85. The van der Waals surface area contributed by atoms with E-state index < -0.39 is 0 Å². The van der Waals surface area contributed by atoms with Crippen molar-refractivity contribution in [1.82, 2.24) is 0 Å². The average Bonchev–Trinajstić information content (AvgIpc) is 2.69. The molecular formula is C16H15NS. The van der Waals surface area contributed by atoms with Gasteiger partial charge in [-0.15, -0.1) is 0 Å². The summed E-state index contributed by atoms with van der Waals surface area (Å²) < 4.78 is 0. The average molecular weight is 253 g/mol. The molecule has 0 unspecified atom stereocenters. The predicted octanol–water partition coefficient (Wildman–Crippen LogP) is 4.58. The first kappa shape index (κ1) is 11.4. The van der Waals surface area contributed by atoms with Crippen molar-refractivity contribution in [2.75, 3.05) is 4.90 Å². The van der Waals surface area contributed by atoms with E-state index in [1.807, 2.05) is 0 Å². The Kier molecular flexibility index (Phi) is 2.88. The van der Waals surface area contributed by atoms with Gasteiger partial charge in [0.05, 0.1) is 10.7 Å². The van der Waals surface area contributed by atoms with E-state index in [1.54, 1.807) is 11.8 Å². The summed E-state index contributed by atoms with van der Waals surface area (Å²) in [7, 11) is 0. The molecule has 2 aromatic carbocycles. The molecule has 0 radical (unpaired) electrons. The van der Waals surface area contributed by atoms with Crippen LogP contribution in [-0.4, -0.2) is 0 Å². The number of benzene rings is 2. The molecule has 1 nitrogen and oxygen atoms in total. The minimum absolute atomic E-state index is 0.898. The summed E-state index contributed by atoms with van der Waals surface area (Å²) in [6.45, 7) is 7.22. The van der Waals surface area contributed by atoms with Crippen LogP contribution in [0, 0.1) is 6.92 Å². The fourth-order valence-corrected chi connectivity index (χ4v) is 3.17. The molecule has 0 bridgehead atoms. The molecule has 0 N–H and O–H groups in total. The molecule has 0 atom stereocenters. The molecule has 0 fully saturated rings. The number of thioether (sulfide) groups is 1. The van der Waals surface area contributed by atoms with Crippen molar-refractivity contribution >= 4 is 17.4 Å². The normalized spacial score (nSPS) is 13.8. The minimum atomic E-state index is 0.898. The van der Waals surface area contributed by atoms with E-state index in [1.165, 1.54) is 21.7 Å². The van der Waals surface area contributed by atoms with Crippen LogP contribution < -0.4 is 4.90 Å². The molecule has 1 heterocycles. The van der Waals surface area contributed by atoms with E-state index in [4.69, 9.17) is 0 Å². The number of hydrogen-bond donors (Lipinski definition) is 0. The third kappa shape index (κ3) is 1.93. The van der Waals surface area contributed by atoms with Crippen LogP contribution in [-0.2, 0) is 6.54 Å². The van der Waals surface area contributed by atoms with E-state index in [9.17, 15) is 0 Å². The monoisotopic (exact) mass is 253 g/mol. The maximum atomic E-state index is 4.17. The summed E-state index contributed by atoms with van der Waals surface area (Å²) in [5, 5.41) is 1.11. The Morgan fingerprint density at radius 3 is 2.61 bits per heavy atom. The number of aryl methyl sites for hydroxylation is 1. The molecule has 0 aliphatic carbocycles. The van der Waals surface area contributed by atoms with Gasteiger partial charge in [-0.1, -0.05) is 54.7 Å². The molecule has 0 aromatic heterocycles. The van der Waals surface area contributed by atoms with Gasteiger partial charge in [0.1, 0.15) is 0 Å². The van der Waals surface area contributed by atoms with Gasteiger partial charge in [0.15, 0.2) is 0 Å². The molecule has 2 heteroatoms. The van der Waals surface area contributed by atoms with Crippen LogP contribution in [0.25, 0.3) is 0 Å². The Balaban J connectivity index is 1.94. The standard InChI is InChI=1S/C16H15NS/c1-12-7-3-4-8-14(12)11-17-13(2)18-16-10-6-5-9-15(16)17/h3-10H,2,11H2,1H3. The number of nitrogens with zero attached hydrogens (tertiary/aromatic N) is 1. The largest absolute Gasteiger partial charge is 0.331 e. The Labute approximate surface area is 112 Å². The van der Waals surface area contributed by atoms with Crippen molar-refractivity contribution in [2.24, 2.45) is 0 Å². The lowest BCUT2D eigenvalue weighted by Crippen LogP contribution is -2.16. The minimum Gasteiger partial charge on any atom is -0.331 e. The van der Waals surface area contributed by atoms with Crippen LogP contribution in [0.5, 0.6) is 0 Å². The van der Waals surface area contributed by atoms with Crippen molar-refractivity contribution in [1.29, 1.82) is 0 Å². The molecule has 3 rings (SSSR count). The van der Waals surface area contributed by atoms with Gasteiger partial charge in [0.2, 0.25) is 0 Å². The van der Waals surface area contributed by atoms with E-state index in [0.29, 0.717) is 0 Å². The molecular weight excluding hydrogens is 238 g/mol. The second kappa shape index (κ2) is 4.54. The van der Waals surface area contributed by atoms with E-state index in [0.717, 1.165) is 11.6 Å². The highest BCUT2D eigenvalue weighted by Crippen LogP contribution is 2.45. The van der Waals surface area contributed by atoms with Crippen LogP contribution in [0.2, 0.25) is 0 Å². The highest BCUT2D eigenvalue weighted by Gasteiger charge is 2.23. The fourth-order valence-electron chi connectivity index (χ4n) is 2.21. The van der Waals surface area contributed by atoms with Crippen LogP contribution in [0.3, 0.4) is 0 Å². The topological polar surface area (TPSA) is 3.24 Å². The number of anilines is 1. The third-order valence-corrected chi connectivity index (χ3v) is 4.30. The maximum Gasteiger partial charge on any atom is 0.0731 e. The highest BCUT2D eigenvalue weighted by molar-refractivity contribution is 8.03. The molecule has 1 aliphatic heterocycles. The first-order valence-electron chi connectivity index (χ1n) is 6.03. The lowest BCUT2D eigenvalue weighted by atomic mass is 10.1. The molecule has 18 heavy (non-hydrogen) atoms. The van der Waals surface area contributed by atoms with Crippen molar-refractivity contribution in [3.63, 3.8) is 0 Å². The summed E-state index contributed by atoms with van der Waals surface area (Å²) in [5.41, 5.74) is 3.96. The molecule has 2 aromatic rings. The van der Waals surface area contributed by atoms with Gasteiger partial charge in [-0.2, -0.15) is 0 Å². The van der Waals surface area contributed by atoms with Crippen molar-refractivity contribution in [2.45, 2.75) is 18.4 Å². The Morgan fingerprint density at radius 1 is 1.06 bits per heavy atom.